The maximum atomic E-state index is 13.9. The van der Waals surface area contributed by atoms with E-state index in [9.17, 15) is 22.4 Å². The van der Waals surface area contributed by atoms with Gasteiger partial charge in [0.15, 0.2) is 0 Å². The third kappa shape index (κ3) is 3.05. The summed E-state index contributed by atoms with van der Waals surface area (Å²) < 4.78 is 55.2. The second-order valence-corrected chi connectivity index (χ2v) is 7.11. The van der Waals surface area contributed by atoms with Crippen molar-refractivity contribution >= 4 is 17.2 Å². The zero-order valence-corrected chi connectivity index (χ0v) is 15.7. The Kier molecular flexibility index (Phi) is 4.12. The van der Waals surface area contributed by atoms with Crippen LogP contribution >= 0.6 is 0 Å². The van der Waals surface area contributed by atoms with E-state index in [2.05, 4.69) is 10.1 Å². The number of imidazole rings is 1. The largest absolute Gasteiger partial charge is 0.416 e. The lowest BCUT2D eigenvalue weighted by atomic mass is 10.1. The Labute approximate surface area is 172 Å². The molecule has 3 aromatic heterocycles. The Morgan fingerprint density at radius 2 is 1.81 bits per heavy atom. The van der Waals surface area contributed by atoms with Crippen molar-refractivity contribution < 1.29 is 22.4 Å². The summed E-state index contributed by atoms with van der Waals surface area (Å²) in [6, 6.07) is 7.56. The van der Waals surface area contributed by atoms with Crippen LogP contribution in [0, 0.1) is 5.95 Å². The molecule has 1 aliphatic rings. The number of benzene rings is 1. The van der Waals surface area contributed by atoms with Crippen LogP contribution in [0.25, 0.3) is 16.8 Å². The van der Waals surface area contributed by atoms with E-state index in [1.165, 1.54) is 38.5 Å². The molecule has 1 aromatic carbocycles. The minimum absolute atomic E-state index is 0.0352. The summed E-state index contributed by atoms with van der Waals surface area (Å²) in [6.45, 7) is 0.0352. The molecule has 1 aliphatic heterocycles. The van der Waals surface area contributed by atoms with Crippen molar-refractivity contribution in [1.29, 1.82) is 0 Å². The van der Waals surface area contributed by atoms with Crippen LogP contribution in [0.2, 0.25) is 0 Å². The smallest absolute Gasteiger partial charge is 0.308 e. The van der Waals surface area contributed by atoms with Crippen LogP contribution in [0.15, 0.2) is 55.0 Å². The molecule has 0 spiro atoms. The third-order valence-electron chi connectivity index (χ3n) is 5.20. The number of amides is 1. The van der Waals surface area contributed by atoms with Crippen LogP contribution < -0.4 is 10.6 Å². The second-order valence-electron chi connectivity index (χ2n) is 7.11. The monoisotopic (exact) mass is 430 g/mol. The van der Waals surface area contributed by atoms with Crippen molar-refractivity contribution in [2.75, 3.05) is 11.4 Å². The minimum atomic E-state index is -4.48. The summed E-state index contributed by atoms with van der Waals surface area (Å²) in [5, 5.41) is 4.21. The van der Waals surface area contributed by atoms with Crippen LogP contribution in [0.1, 0.15) is 22.2 Å². The van der Waals surface area contributed by atoms with E-state index in [4.69, 9.17) is 5.73 Å². The van der Waals surface area contributed by atoms with Crippen molar-refractivity contribution in [3.8, 4) is 11.1 Å². The fourth-order valence-electron chi connectivity index (χ4n) is 3.68. The van der Waals surface area contributed by atoms with Gasteiger partial charge in [-0.05, 0) is 36.4 Å². The highest BCUT2D eigenvalue weighted by molar-refractivity contribution is 6.09. The highest BCUT2D eigenvalue weighted by Gasteiger charge is 2.35. The molecule has 2 N–H and O–H groups in total. The van der Waals surface area contributed by atoms with Gasteiger partial charge >= 0.3 is 6.18 Å². The molecule has 1 atom stereocenters. The van der Waals surface area contributed by atoms with Gasteiger partial charge in [-0.3, -0.25) is 9.20 Å². The molecule has 158 valence electrons. The quantitative estimate of drug-likeness (QED) is 0.494. The van der Waals surface area contributed by atoms with E-state index in [0.717, 1.165) is 18.3 Å². The Morgan fingerprint density at radius 3 is 2.52 bits per heavy atom. The zero-order valence-electron chi connectivity index (χ0n) is 15.7. The van der Waals surface area contributed by atoms with Crippen LogP contribution in [0.4, 0.5) is 23.2 Å². The lowest BCUT2D eigenvalue weighted by Crippen LogP contribution is -2.46. The first-order valence-corrected chi connectivity index (χ1v) is 9.19. The Morgan fingerprint density at radius 1 is 1.06 bits per heavy atom. The summed E-state index contributed by atoms with van der Waals surface area (Å²) in [4.78, 5) is 18.5. The number of pyridine rings is 1. The van der Waals surface area contributed by atoms with Gasteiger partial charge in [-0.1, -0.05) is 0 Å². The molecule has 4 aromatic rings. The predicted octanol–water partition coefficient (Wildman–Crippen LogP) is 3.47. The number of carbonyl (C=O) groups is 1. The van der Waals surface area contributed by atoms with Gasteiger partial charge in [-0.2, -0.15) is 22.7 Å². The summed E-state index contributed by atoms with van der Waals surface area (Å²) in [7, 11) is 0. The van der Waals surface area contributed by atoms with Crippen LogP contribution in [0.5, 0.6) is 0 Å². The number of halogens is 4. The zero-order chi connectivity index (χ0) is 21.9. The third-order valence-corrected chi connectivity index (χ3v) is 5.20. The van der Waals surface area contributed by atoms with E-state index in [-0.39, 0.29) is 17.9 Å². The number of aromatic nitrogens is 4. The summed E-state index contributed by atoms with van der Waals surface area (Å²) in [6.07, 6.45) is -1.16. The Hall–Kier alpha value is -3.73. The van der Waals surface area contributed by atoms with Crippen LogP contribution in [-0.2, 0) is 6.18 Å². The van der Waals surface area contributed by atoms with Gasteiger partial charge in [0, 0.05) is 23.0 Å². The fourth-order valence-corrected chi connectivity index (χ4v) is 3.68. The summed E-state index contributed by atoms with van der Waals surface area (Å²) in [5.74, 6) is -1.03. The van der Waals surface area contributed by atoms with Gasteiger partial charge in [0.1, 0.15) is 17.5 Å². The number of nitrogens with two attached hydrogens (primary N) is 1. The van der Waals surface area contributed by atoms with Crippen LogP contribution in [0.3, 0.4) is 0 Å². The minimum Gasteiger partial charge on any atom is -0.308 e. The molecule has 11 heteroatoms. The molecule has 0 radical (unpaired) electrons. The average Bonchev–Trinajstić information content (AvgIpc) is 3.35. The van der Waals surface area contributed by atoms with Crippen molar-refractivity contribution in [2.45, 2.75) is 12.3 Å². The fraction of sp³-hybridized carbons (Fsp3) is 0.150. The highest BCUT2D eigenvalue weighted by atomic mass is 19.4. The van der Waals surface area contributed by atoms with Crippen molar-refractivity contribution in [3.05, 3.63) is 72.2 Å². The molecule has 0 unspecified atom stereocenters. The van der Waals surface area contributed by atoms with Crippen LogP contribution in [-0.4, -0.2) is 31.6 Å². The number of hydrogen-bond acceptors (Lipinski definition) is 4. The normalized spacial score (nSPS) is 16.7. The predicted molar refractivity (Wildman–Crippen MR) is 103 cm³/mol. The van der Waals surface area contributed by atoms with Gasteiger partial charge in [-0.15, -0.1) is 0 Å². The molecule has 7 nitrogen and oxygen atoms in total. The SMILES string of the molecule is N[C@H]1CN(c2ccc(C(F)(F)F)cc2)C(=O)c2c(-c3ccc4ncc(F)n4c3)cnn21. The maximum absolute atomic E-state index is 13.9. The number of carbonyl (C=O) groups excluding carboxylic acids is 1. The first-order valence-electron chi connectivity index (χ1n) is 9.19. The first kappa shape index (κ1) is 19.2. The van der Waals surface area contributed by atoms with Gasteiger partial charge in [-0.25, -0.2) is 9.67 Å². The number of fused-ring (bicyclic) bond motifs is 2. The molecule has 31 heavy (non-hydrogen) atoms. The van der Waals surface area contributed by atoms with Gasteiger partial charge < -0.3 is 10.6 Å². The van der Waals surface area contributed by atoms with Gasteiger partial charge in [0.25, 0.3) is 5.91 Å². The van der Waals surface area contributed by atoms with E-state index < -0.39 is 29.8 Å². The summed E-state index contributed by atoms with van der Waals surface area (Å²) in [5.41, 5.74) is 7.15. The molecular weight excluding hydrogens is 416 g/mol. The van der Waals surface area contributed by atoms with Crippen molar-refractivity contribution in [1.82, 2.24) is 19.2 Å². The lowest BCUT2D eigenvalue weighted by Gasteiger charge is -2.32. The molecule has 0 aliphatic carbocycles. The number of nitrogens with zero attached hydrogens (tertiary/aromatic N) is 5. The lowest BCUT2D eigenvalue weighted by molar-refractivity contribution is -0.137. The van der Waals surface area contributed by atoms with E-state index >= 15 is 0 Å². The molecule has 1 amide bonds. The standard InChI is InChI=1S/C20H14F4N6O/c21-15-8-26-17-6-1-11(9-29(15)17)14-7-27-30-16(25)10-28(19(31)18(14)30)13-4-2-12(3-5-13)20(22,23)24/h1-9,16H,10,25H2/t16-/m1/s1. The molecule has 5 rings (SSSR count). The van der Waals surface area contributed by atoms with E-state index in [1.807, 2.05) is 0 Å². The van der Waals surface area contributed by atoms with Gasteiger partial charge in [0.2, 0.25) is 5.95 Å². The topological polar surface area (TPSA) is 81.4 Å². The Bertz CT molecular complexity index is 1310. The number of rotatable bonds is 2. The maximum Gasteiger partial charge on any atom is 0.416 e. The molecular formula is C20H14F4N6O. The number of anilines is 1. The van der Waals surface area contributed by atoms with Gasteiger partial charge in [0.05, 0.1) is 24.5 Å². The highest BCUT2D eigenvalue weighted by Crippen LogP contribution is 2.34. The van der Waals surface area contributed by atoms with E-state index in [0.29, 0.717) is 16.8 Å². The summed E-state index contributed by atoms with van der Waals surface area (Å²) >= 11 is 0. The van der Waals surface area contributed by atoms with E-state index in [1.54, 1.807) is 12.1 Å². The molecule has 0 fully saturated rings. The van der Waals surface area contributed by atoms with Crippen molar-refractivity contribution in [2.24, 2.45) is 5.73 Å². The molecule has 0 saturated carbocycles. The molecule has 0 bridgehead atoms. The average molecular weight is 430 g/mol. The number of alkyl halides is 3. The Balaban J connectivity index is 1.57. The number of hydrogen-bond donors (Lipinski definition) is 1. The molecule has 4 heterocycles. The second kappa shape index (κ2) is 6.64. The van der Waals surface area contributed by atoms with Crippen molar-refractivity contribution in [3.63, 3.8) is 0 Å². The molecule has 0 saturated heterocycles. The first-order chi connectivity index (χ1) is 14.7.